The van der Waals surface area contributed by atoms with E-state index in [1.54, 1.807) is 0 Å². The topological polar surface area (TPSA) is 83.6 Å². The number of amides is 2. The molecule has 0 aliphatic carbocycles. The first-order valence-corrected chi connectivity index (χ1v) is 8.33. The van der Waals surface area contributed by atoms with Crippen LogP contribution in [0.2, 0.25) is 0 Å². The first-order chi connectivity index (χ1) is 8.83. The van der Waals surface area contributed by atoms with Gasteiger partial charge in [0.1, 0.15) is 6.04 Å². The molecule has 2 aliphatic rings. The highest BCUT2D eigenvalue weighted by Crippen LogP contribution is 2.24. The van der Waals surface area contributed by atoms with Crippen LogP contribution in [0.25, 0.3) is 0 Å². The van der Waals surface area contributed by atoms with Crippen molar-refractivity contribution in [2.75, 3.05) is 18.8 Å². The fraction of sp³-hybridized carbons (Fsp3) is 0.833. The second-order valence-corrected chi connectivity index (χ2v) is 7.98. The molecule has 6 nitrogen and oxygen atoms in total. The van der Waals surface area contributed by atoms with Crippen molar-refractivity contribution in [3.05, 3.63) is 0 Å². The van der Waals surface area contributed by atoms with Crippen molar-refractivity contribution in [2.45, 2.75) is 38.0 Å². The van der Waals surface area contributed by atoms with Gasteiger partial charge in [0, 0.05) is 6.54 Å². The van der Waals surface area contributed by atoms with E-state index in [2.05, 4.69) is 5.32 Å². The first kappa shape index (κ1) is 14.3. The number of nitrogens with zero attached hydrogens (tertiary/aromatic N) is 1. The van der Waals surface area contributed by atoms with Gasteiger partial charge in [0.25, 0.3) is 0 Å². The van der Waals surface area contributed by atoms with E-state index in [0.29, 0.717) is 12.8 Å². The minimum absolute atomic E-state index is 0.0329. The van der Waals surface area contributed by atoms with Crippen LogP contribution in [0.3, 0.4) is 0 Å². The van der Waals surface area contributed by atoms with Gasteiger partial charge < -0.3 is 10.2 Å². The highest BCUT2D eigenvalue weighted by atomic mass is 32.2. The van der Waals surface area contributed by atoms with Crippen molar-refractivity contribution in [2.24, 2.45) is 5.92 Å². The largest absolute Gasteiger partial charge is 0.345 e. The Kier molecular flexibility index (Phi) is 3.85. The molecule has 0 bridgehead atoms. The monoisotopic (exact) mass is 288 g/mol. The van der Waals surface area contributed by atoms with E-state index in [4.69, 9.17) is 0 Å². The van der Waals surface area contributed by atoms with Gasteiger partial charge in [0.15, 0.2) is 9.84 Å². The number of piperazine rings is 1. The molecular weight excluding hydrogens is 268 g/mol. The fourth-order valence-electron chi connectivity index (χ4n) is 2.83. The van der Waals surface area contributed by atoms with Gasteiger partial charge >= 0.3 is 0 Å². The lowest BCUT2D eigenvalue weighted by Gasteiger charge is -2.38. The molecule has 2 rings (SSSR count). The van der Waals surface area contributed by atoms with Crippen molar-refractivity contribution in [3.63, 3.8) is 0 Å². The van der Waals surface area contributed by atoms with Crippen molar-refractivity contribution in [1.82, 2.24) is 10.2 Å². The number of nitrogens with one attached hydrogen (secondary N) is 1. The summed E-state index contributed by atoms with van der Waals surface area (Å²) in [6.07, 6.45) is 1.23. The lowest BCUT2D eigenvalue weighted by atomic mass is 9.99. The molecule has 2 fully saturated rings. The summed E-state index contributed by atoms with van der Waals surface area (Å²) in [5.74, 6) is -0.225. The molecule has 2 amide bonds. The van der Waals surface area contributed by atoms with Crippen LogP contribution in [0.5, 0.6) is 0 Å². The molecule has 1 N–H and O–H groups in total. The van der Waals surface area contributed by atoms with E-state index in [1.165, 1.54) is 4.90 Å². The maximum atomic E-state index is 12.0. The van der Waals surface area contributed by atoms with Gasteiger partial charge in [-0.2, -0.15) is 0 Å². The quantitative estimate of drug-likeness (QED) is 0.762. The van der Waals surface area contributed by atoms with E-state index in [0.717, 1.165) is 0 Å². The zero-order valence-electron chi connectivity index (χ0n) is 11.3. The van der Waals surface area contributed by atoms with E-state index in [9.17, 15) is 18.0 Å². The Morgan fingerprint density at radius 2 is 2.05 bits per heavy atom. The zero-order valence-corrected chi connectivity index (χ0v) is 12.1. The smallest absolute Gasteiger partial charge is 0.243 e. The number of sulfone groups is 1. The summed E-state index contributed by atoms with van der Waals surface area (Å²) < 4.78 is 23.7. The summed E-state index contributed by atoms with van der Waals surface area (Å²) in [6.45, 7) is 3.84. The Hall–Kier alpha value is -1.11. The highest BCUT2D eigenvalue weighted by Gasteiger charge is 2.41. The van der Waals surface area contributed by atoms with Crippen LogP contribution < -0.4 is 5.32 Å². The summed E-state index contributed by atoms with van der Waals surface area (Å²) in [4.78, 5) is 25.3. The van der Waals surface area contributed by atoms with E-state index in [-0.39, 0.29) is 36.6 Å². The van der Waals surface area contributed by atoms with Gasteiger partial charge in [0.05, 0.1) is 17.5 Å². The molecule has 0 aromatic rings. The average molecular weight is 288 g/mol. The van der Waals surface area contributed by atoms with E-state index in [1.807, 2.05) is 13.8 Å². The molecule has 0 spiro atoms. The molecule has 0 aromatic carbocycles. The normalized spacial score (nSPS) is 30.8. The van der Waals surface area contributed by atoms with Crippen molar-refractivity contribution in [3.8, 4) is 0 Å². The lowest BCUT2D eigenvalue weighted by molar-refractivity contribution is -0.147. The molecule has 2 saturated heterocycles. The maximum Gasteiger partial charge on any atom is 0.243 e. The number of rotatable bonds is 3. The first-order valence-electron chi connectivity index (χ1n) is 6.61. The molecule has 2 unspecified atom stereocenters. The Bertz CT molecular complexity index is 486. The third kappa shape index (κ3) is 2.75. The second-order valence-electron chi connectivity index (χ2n) is 5.58. The summed E-state index contributed by atoms with van der Waals surface area (Å²) in [7, 11) is -3.10. The molecule has 2 aliphatic heterocycles. The Morgan fingerprint density at radius 3 is 2.58 bits per heavy atom. The predicted molar refractivity (Wildman–Crippen MR) is 70.2 cm³/mol. The van der Waals surface area contributed by atoms with Gasteiger partial charge in [-0.3, -0.25) is 9.59 Å². The van der Waals surface area contributed by atoms with Crippen LogP contribution in [-0.4, -0.2) is 55.3 Å². The minimum Gasteiger partial charge on any atom is -0.345 e. The molecule has 0 radical (unpaired) electrons. The number of hydrogen-bond acceptors (Lipinski definition) is 4. The van der Waals surface area contributed by atoms with Gasteiger partial charge in [-0.1, -0.05) is 13.8 Å². The average Bonchev–Trinajstić information content (AvgIpc) is 2.63. The summed E-state index contributed by atoms with van der Waals surface area (Å²) in [6, 6.07) is -0.558. The van der Waals surface area contributed by atoms with Crippen molar-refractivity contribution < 1.29 is 18.0 Å². The molecule has 0 aromatic heterocycles. The third-order valence-electron chi connectivity index (χ3n) is 3.83. The second kappa shape index (κ2) is 5.11. The van der Waals surface area contributed by atoms with Crippen molar-refractivity contribution >= 4 is 21.7 Å². The fourth-order valence-corrected chi connectivity index (χ4v) is 4.64. The Labute approximate surface area is 113 Å². The van der Waals surface area contributed by atoms with Gasteiger partial charge in [-0.05, 0) is 18.8 Å². The van der Waals surface area contributed by atoms with E-state index < -0.39 is 21.1 Å². The molecule has 2 atom stereocenters. The van der Waals surface area contributed by atoms with Gasteiger partial charge in [0.2, 0.25) is 11.8 Å². The van der Waals surface area contributed by atoms with Crippen LogP contribution in [0.1, 0.15) is 26.7 Å². The Balaban J connectivity index is 2.19. The summed E-state index contributed by atoms with van der Waals surface area (Å²) >= 11 is 0. The molecular formula is C12H20N2O4S. The number of hydrogen-bond donors (Lipinski definition) is 1. The van der Waals surface area contributed by atoms with Gasteiger partial charge in [-0.25, -0.2) is 8.42 Å². The number of carbonyl (C=O) groups excluding carboxylic acids is 2. The molecule has 2 heterocycles. The van der Waals surface area contributed by atoms with Crippen LogP contribution in [0, 0.1) is 5.92 Å². The molecule has 0 saturated carbocycles. The number of carbonyl (C=O) groups is 2. The lowest BCUT2D eigenvalue weighted by Crippen LogP contribution is -2.61. The third-order valence-corrected chi connectivity index (χ3v) is 6.09. The Morgan fingerprint density at radius 1 is 1.37 bits per heavy atom. The zero-order chi connectivity index (χ0) is 14.2. The minimum atomic E-state index is -3.10. The van der Waals surface area contributed by atoms with E-state index >= 15 is 0 Å². The standard InChI is InChI=1S/C12H20N2O4S/c1-8(2)11-12(16)13-6-10(15)14(11)7-9-4-3-5-19(9,17)18/h8-9,11H,3-7H2,1-2H3,(H,13,16). The van der Waals surface area contributed by atoms with Crippen LogP contribution in [0.4, 0.5) is 0 Å². The van der Waals surface area contributed by atoms with Gasteiger partial charge in [-0.15, -0.1) is 0 Å². The molecule has 19 heavy (non-hydrogen) atoms. The summed E-state index contributed by atoms with van der Waals surface area (Å²) in [5.41, 5.74) is 0. The summed E-state index contributed by atoms with van der Waals surface area (Å²) in [5, 5.41) is 2.05. The van der Waals surface area contributed by atoms with Crippen LogP contribution in [0.15, 0.2) is 0 Å². The van der Waals surface area contributed by atoms with Crippen molar-refractivity contribution in [1.29, 1.82) is 0 Å². The highest BCUT2D eigenvalue weighted by molar-refractivity contribution is 7.92. The molecule has 108 valence electrons. The maximum absolute atomic E-state index is 12.0. The van der Waals surface area contributed by atoms with Crippen LogP contribution >= 0.6 is 0 Å². The molecule has 7 heteroatoms. The van der Waals surface area contributed by atoms with Crippen LogP contribution in [-0.2, 0) is 19.4 Å². The predicted octanol–water partition coefficient (Wildman–Crippen LogP) is -0.453. The SMILES string of the molecule is CC(C)C1C(=O)NCC(=O)N1CC1CCCS1(=O)=O.